The minimum atomic E-state index is -0.990. The summed E-state index contributed by atoms with van der Waals surface area (Å²) in [4.78, 5) is 24.4. The maximum Gasteiger partial charge on any atom is 0.354 e. The van der Waals surface area contributed by atoms with Gasteiger partial charge < -0.3 is 5.11 Å². The maximum absolute atomic E-state index is 10.1. The van der Waals surface area contributed by atoms with Crippen LogP contribution in [0.4, 0.5) is 0 Å². The first kappa shape index (κ1) is 46.7. The molecule has 3 aromatic heterocycles. The van der Waals surface area contributed by atoms with E-state index in [0.717, 1.165) is 28.2 Å². The number of carboxylic acids is 1. The van der Waals surface area contributed by atoms with Crippen LogP contribution >= 0.6 is 0 Å². The van der Waals surface area contributed by atoms with Crippen molar-refractivity contribution in [2.45, 2.75) is 84.5 Å². The molecule has 0 aliphatic heterocycles. The van der Waals surface area contributed by atoms with E-state index in [1.807, 2.05) is 30.5 Å². The zero-order valence-electron chi connectivity index (χ0n) is 38.4. The monoisotopic (exact) mass is 1030 g/mol. The molecule has 0 bridgehead atoms. The molecule has 1 aliphatic rings. The van der Waals surface area contributed by atoms with Gasteiger partial charge in [-0.1, -0.05) is 145 Å². The summed E-state index contributed by atoms with van der Waals surface area (Å²) in [6.45, 7) is 18.4. The SMILES string of the molecule is CC(C)c1cccc(C(C)C)c1-c1c[c-]c2c(c1)-c1cc(-c3c(C(C)C)cccc3C(C)C)ccc1[C@]2(c1ccccn1)c1cccc(-c2[c-]cccc2)n1.O=C(O)c1ccccn1.[Ir]. The normalized spacial score (nSPS) is 13.8. The first-order valence-electron chi connectivity index (χ1n) is 22.4. The number of fused-ring (bicyclic) bond motifs is 3. The molecule has 1 aliphatic carbocycles. The number of nitrogens with zero attached hydrogens (tertiary/aromatic N) is 3. The Morgan fingerprint density at radius 2 is 1.11 bits per heavy atom. The summed E-state index contributed by atoms with van der Waals surface area (Å²) >= 11 is 0. The fraction of sp³-hybridized carbons (Fsp3) is 0.220. The molecule has 3 heterocycles. The Kier molecular flexibility index (Phi) is 14.2. The van der Waals surface area contributed by atoms with Crippen LogP contribution in [0, 0.1) is 12.1 Å². The molecule has 0 spiro atoms. The fourth-order valence-corrected chi connectivity index (χ4v) is 9.40. The zero-order valence-corrected chi connectivity index (χ0v) is 40.7. The van der Waals surface area contributed by atoms with Gasteiger partial charge in [-0.05, 0) is 98.6 Å². The maximum atomic E-state index is 10.1. The molecule has 5 nitrogen and oxygen atoms in total. The number of rotatable bonds is 10. The van der Waals surface area contributed by atoms with Crippen LogP contribution in [0.15, 0.2) is 158 Å². The van der Waals surface area contributed by atoms with E-state index in [4.69, 9.17) is 15.1 Å². The minimum Gasteiger partial charge on any atom is -0.477 e. The Morgan fingerprint density at radius 3 is 1.63 bits per heavy atom. The van der Waals surface area contributed by atoms with Crippen molar-refractivity contribution in [1.82, 2.24) is 15.0 Å². The van der Waals surface area contributed by atoms with Crippen LogP contribution in [-0.2, 0) is 25.5 Å². The Balaban J connectivity index is 0.000000565. The summed E-state index contributed by atoms with van der Waals surface area (Å²) in [7, 11) is 0. The molecule has 5 aromatic carbocycles. The number of aromatic nitrogens is 3. The number of hydrogen-bond acceptors (Lipinski definition) is 4. The molecule has 0 fully saturated rings. The van der Waals surface area contributed by atoms with Crippen LogP contribution < -0.4 is 0 Å². The van der Waals surface area contributed by atoms with E-state index < -0.39 is 11.4 Å². The van der Waals surface area contributed by atoms with Gasteiger partial charge in [0.25, 0.3) is 0 Å². The largest absolute Gasteiger partial charge is 0.477 e. The molecule has 1 radical (unpaired) electrons. The van der Waals surface area contributed by atoms with E-state index in [-0.39, 0.29) is 25.8 Å². The van der Waals surface area contributed by atoms with Crippen molar-refractivity contribution in [1.29, 1.82) is 0 Å². The van der Waals surface area contributed by atoms with Gasteiger partial charge in [0.1, 0.15) is 5.69 Å². The predicted molar refractivity (Wildman–Crippen MR) is 261 cm³/mol. The summed E-state index contributed by atoms with van der Waals surface area (Å²) in [6, 6.07) is 58.4. The average Bonchev–Trinajstić information content (AvgIpc) is 3.61. The molecule has 0 amide bonds. The number of benzene rings is 5. The number of pyridine rings is 3. The molecule has 0 saturated carbocycles. The van der Waals surface area contributed by atoms with E-state index >= 15 is 0 Å². The summed E-state index contributed by atoms with van der Waals surface area (Å²) < 4.78 is 0. The first-order chi connectivity index (χ1) is 30.9. The number of carboxylic acid groups (broad SMARTS) is 1. The van der Waals surface area contributed by atoms with Crippen molar-refractivity contribution in [3.63, 3.8) is 0 Å². The van der Waals surface area contributed by atoms with Gasteiger partial charge in [-0.25, -0.2) is 9.78 Å². The summed E-state index contributed by atoms with van der Waals surface area (Å²) in [5, 5.41) is 8.32. The van der Waals surface area contributed by atoms with Crippen LogP contribution in [0.25, 0.3) is 44.6 Å². The van der Waals surface area contributed by atoms with Crippen molar-refractivity contribution in [2.75, 3.05) is 0 Å². The van der Waals surface area contributed by atoms with E-state index in [1.165, 1.54) is 73.5 Å². The van der Waals surface area contributed by atoms with Gasteiger partial charge in [0.2, 0.25) is 0 Å². The van der Waals surface area contributed by atoms with Gasteiger partial charge in [0.05, 0.1) is 11.1 Å². The molecule has 1 atom stereocenters. The Hall–Kier alpha value is -6.33. The quantitative estimate of drug-likeness (QED) is 0.138. The summed E-state index contributed by atoms with van der Waals surface area (Å²) in [5.41, 5.74) is 18.2. The summed E-state index contributed by atoms with van der Waals surface area (Å²) in [5.74, 6) is 0.515. The smallest absolute Gasteiger partial charge is 0.354 e. The van der Waals surface area contributed by atoms with Crippen molar-refractivity contribution < 1.29 is 30.0 Å². The Morgan fingerprint density at radius 1 is 0.554 bits per heavy atom. The van der Waals surface area contributed by atoms with Crippen molar-refractivity contribution >= 4 is 5.97 Å². The standard InChI is InChI=1S/C53H50N2.C6H5NO2.Ir/c1-33(2)40-19-14-20-41(34(3)4)51(40)38-26-28-46-44(31-38)45-32-39(52-42(35(5)6)21-15-22-43(52)36(7)8)27-29-47(45)53(46,49-24-12-13-30-54-49)50-25-16-23-48(55-50)37-17-10-9-11-18-37;8-6(9)5-3-1-2-4-7-5;/h9-17,19-28,30-36H,1-8H3;1-4H,(H,8,9);/q-2;;/t53-;;/m0../s1. The van der Waals surface area contributed by atoms with Gasteiger partial charge in [-0.3, -0.25) is 9.97 Å². The summed E-state index contributed by atoms with van der Waals surface area (Å²) in [6.07, 6.45) is 3.36. The van der Waals surface area contributed by atoms with E-state index in [2.05, 4.69) is 176 Å². The second-order valence-corrected chi connectivity index (χ2v) is 17.8. The third-order valence-electron chi connectivity index (χ3n) is 12.4. The third kappa shape index (κ3) is 8.90. The van der Waals surface area contributed by atoms with Gasteiger partial charge in [0.15, 0.2) is 0 Å². The fourth-order valence-electron chi connectivity index (χ4n) is 9.40. The molecule has 0 unspecified atom stereocenters. The van der Waals surface area contributed by atoms with Crippen LogP contribution in [0.2, 0.25) is 0 Å². The number of carbonyl (C=O) groups is 1. The Labute approximate surface area is 398 Å². The van der Waals surface area contributed by atoms with Gasteiger partial charge in [0, 0.05) is 38.2 Å². The molecular weight excluding hydrogens is 975 g/mol. The van der Waals surface area contributed by atoms with E-state index in [9.17, 15) is 4.79 Å². The molecule has 65 heavy (non-hydrogen) atoms. The molecule has 0 saturated heterocycles. The van der Waals surface area contributed by atoms with Crippen molar-refractivity contribution in [3.8, 4) is 44.6 Å². The molecule has 8 aromatic rings. The van der Waals surface area contributed by atoms with Crippen molar-refractivity contribution in [2.24, 2.45) is 0 Å². The number of aromatic carboxylic acids is 1. The molecule has 1 N–H and O–H groups in total. The first-order valence-corrected chi connectivity index (χ1v) is 22.4. The van der Waals surface area contributed by atoms with Gasteiger partial charge >= 0.3 is 5.97 Å². The Bertz CT molecular complexity index is 2760. The minimum absolute atomic E-state index is 0. The van der Waals surface area contributed by atoms with Crippen LogP contribution in [0.1, 0.15) is 134 Å². The van der Waals surface area contributed by atoms with Gasteiger partial charge in [-0.2, -0.15) is 18.2 Å². The van der Waals surface area contributed by atoms with E-state index in [1.54, 1.807) is 12.1 Å². The number of hydrogen-bond donors (Lipinski definition) is 1. The van der Waals surface area contributed by atoms with Crippen LogP contribution in [-0.4, -0.2) is 26.0 Å². The molecular formula is C59H55IrN3O2-2. The second-order valence-electron chi connectivity index (χ2n) is 17.8. The molecule has 6 heteroatoms. The predicted octanol–water partition coefficient (Wildman–Crippen LogP) is 14.7. The zero-order chi connectivity index (χ0) is 45.1. The van der Waals surface area contributed by atoms with Crippen molar-refractivity contribution in [3.05, 3.63) is 221 Å². The molecule has 329 valence electrons. The average molecular weight is 1030 g/mol. The van der Waals surface area contributed by atoms with Crippen LogP contribution in [0.5, 0.6) is 0 Å². The third-order valence-corrected chi connectivity index (χ3v) is 12.4. The van der Waals surface area contributed by atoms with E-state index in [0.29, 0.717) is 23.7 Å². The second kappa shape index (κ2) is 19.8. The van der Waals surface area contributed by atoms with Gasteiger partial charge in [-0.15, -0.1) is 52.6 Å². The van der Waals surface area contributed by atoms with Crippen LogP contribution in [0.3, 0.4) is 0 Å². The molecule has 9 rings (SSSR count). The topological polar surface area (TPSA) is 76.0 Å².